The third-order valence-electron chi connectivity index (χ3n) is 3.46. The molecular weight excluding hydrogens is 236 g/mol. The van der Waals surface area contributed by atoms with Gasteiger partial charge in [-0.25, -0.2) is 0 Å². The first-order chi connectivity index (χ1) is 9.17. The van der Waals surface area contributed by atoms with Crippen LogP contribution >= 0.6 is 0 Å². The monoisotopic (exact) mass is 258 g/mol. The van der Waals surface area contributed by atoms with Crippen LogP contribution in [-0.4, -0.2) is 18.9 Å². The zero-order valence-corrected chi connectivity index (χ0v) is 12.0. The van der Waals surface area contributed by atoms with Crippen molar-refractivity contribution in [2.45, 2.75) is 46.1 Å². The predicted molar refractivity (Wildman–Crippen MR) is 78.6 cm³/mol. The SMILES string of the molecule is CCCCN(c1ccc(C=O)cc1C#N)C(C)CC. The van der Waals surface area contributed by atoms with Gasteiger partial charge in [0.25, 0.3) is 0 Å². The lowest BCUT2D eigenvalue weighted by molar-refractivity contribution is 0.112. The maximum absolute atomic E-state index is 10.8. The summed E-state index contributed by atoms with van der Waals surface area (Å²) in [6, 6.07) is 7.94. The van der Waals surface area contributed by atoms with Crippen molar-refractivity contribution in [2.24, 2.45) is 0 Å². The summed E-state index contributed by atoms with van der Waals surface area (Å²) in [6.45, 7) is 7.43. The number of anilines is 1. The molecule has 0 saturated heterocycles. The Morgan fingerprint density at radius 2 is 2.16 bits per heavy atom. The molecule has 3 heteroatoms. The quantitative estimate of drug-likeness (QED) is 0.699. The molecule has 1 rings (SSSR count). The third-order valence-corrected chi connectivity index (χ3v) is 3.46. The molecule has 0 aliphatic carbocycles. The van der Waals surface area contributed by atoms with Crippen LogP contribution in [0.5, 0.6) is 0 Å². The first-order valence-corrected chi connectivity index (χ1v) is 6.93. The molecule has 0 aliphatic heterocycles. The largest absolute Gasteiger partial charge is 0.368 e. The van der Waals surface area contributed by atoms with Gasteiger partial charge in [-0.05, 0) is 38.0 Å². The van der Waals surface area contributed by atoms with Crippen molar-refractivity contribution in [3.05, 3.63) is 29.3 Å². The normalized spacial score (nSPS) is 11.7. The van der Waals surface area contributed by atoms with Crippen molar-refractivity contribution in [3.63, 3.8) is 0 Å². The number of carbonyl (C=O) groups is 1. The first kappa shape index (κ1) is 15.2. The van der Waals surface area contributed by atoms with E-state index in [2.05, 4.69) is 31.7 Å². The molecule has 0 aliphatic rings. The number of rotatable bonds is 7. The molecule has 0 amide bonds. The molecule has 102 valence electrons. The van der Waals surface area contributed by atoms with Gasteiger partial charge in [0, 0.05) is 18.2 Å². The summed E-state index contributed by atoms with van der Waals surface area (Å²) in [5.74, 6) is 0. The highest BCUT2D eigenvalue weighted by atomic mass is 16.1. The van der Waals surface area contributed by atoms with E-state index in [1.54, 1.807) is 12.1 Å². The van der Waals surface area contributed by atoms with E-state index in [0.29, 0.717) is 17.2 Å². The number of carbonyl (C=O) groups excluding carboxylic acids is 1. The molecule has 0 fully saturated rings. The molecule has 0 bridgehead atoms. The van der Waals surface area contributed by atoms with Crippen molar-refractivity contribution >= 4 is 12.0 Å². The molecule has 1 aromatic carbocycles. The van der Waals surface area contributed by atoms with Crippen LogP contribution in [-0.2, 0) is 0 Å². The smallest absolute Gasteiger partial charge is 0.150 e. The second-order valence-electron chi connectivity index (χ2n) is 4.81. The Labute approximate surface area is 115 Å². The van der Waals surface area contributed by atoms with Crippen LogP contribution < -0.4 is 4.90 Å². The Hall–Kier alpha value is -1.82. The van der Waals surface area contributed by atoms with Gasteiger partial charge in [0.1, 0.15) is 12.4 Å². The highest BCUT2D eigenvalue weighted by Crippen LogP contribution is 2.24. The van der Waals surface area contributed by atoms with Crippen LogP contribution in [0.4, 0.5) is 5.69 Å². The minimum absolute atomic E-state index is 0.390. The summed E-state index contributed by atoms with van der Waals surface area (Å²) in [4.78, 5) is 13.1. The third kappa shape index (κ3) is 3.82. The van der Waals surface area contributed by atoms with E-state index >= 15 is 0 Å². The fourth-order valence-electron chi connectivity index (χ4n) is 2.09. The van der Waals surface area contributed by atoms with Gasteiger partial charge < -0.3 is 4.90 Å². The first-order valence-electron chi connectivity index (χ1n) is 6.93. The lowest BCUT2D eigenvalue weighted by Gasteiger charge is -2.31. The van der Waals surface area contributed by atoms with E-state index in [4.69, 9.17) is 0 Å². The molecule has 3 nitrogen and oxygen atoms in total. The van der Waals surface area contributed by atoms with Gasteiger partial charge in [-0.2, -0.15) is 5.26 Å². The van der Waals surface area contributed by atoms with E-state index in [9.17, 15) is 10.1 Å². The fourth-order valence-corrected chi connectivity index (χ4v) is 2.09. The summed E-state index contributed by atoms with van der Waals surface area (Å²) in [5, 5.41) is 9.27. The number of hydrogen-bond donors (Lipinski definition) is 0. The summed E-state index contributed by atoms with van der Waals surface area (Å²) in [7, 11) is 0. The number of unbranched alkanes of at least 4 members (excludes halogenated alkanes) is 1. The summed E-state index contributed by atoms with van der Waals surface area (Å²) in [6.07, 6.45) is 4.04. The molecule has 0 N–H and O–H groups in total. The second-order valence-corrected chi connectivity index (χ2v) is 4.81. The molecule has 19 heavy (non-hydrogen) atoms. The average Bonchev–Trinajstić information content (AvgIpc) is 2.47. The van der Waals surface area contributed by atoms with Crippen molar-refractivity contribution in [2.75, 3.05) is 11.4 Å². The Balaban J connectivity index is 3.14. The van der Waals surface area contributed by atoms with E-state index in [1.807, 2.05) is 6.07 Å². The van der Waals surface area contributed by atoms with Gasteiger partial charge in [-0.1, -0.05) is 20.3 Å². The highest BCUT2D eigenvalue weighted by Gasteiger charge is 2.16. The lowest BCUT2D eigenvalue weighted by Crippen LogP contribution is -2.34. The average molecular weight is 258 g/mol. The number of aldehydes is 1. The number of benzene rings is 1. The molecule has 0 aromatic heterocycles. The van der Waals surface area contributed by atoms with E-state index < -0.39 is 0 Å². The molecule has 1 unspecified atom stereocenters. The van der Waals surface area contributed by atoms with Crippen LogP contribution in [0.25, 0.3) is 0 Å². The summed E-state index contributed by atoms with van der Waals surface area (Å²) < 4.78 is 0. The van der Waals surface area contributed by atoms with Crippen LogP contribution in [0.15, 0.2) is 18.2 Å². The van der Waals surface area contributed by atoms with Crippen molar-refractivity contribution in [1.29, 1.82) is 5.26 Å². The molecule has 1 aromatic rings. The van der Waals surface area contributed by atoms with E-state index in [-0.39, 0.29) is 0 Å². The van der Waals surface area contributed by atoms with Crippen LogP contribution in [0.1, 0.15) is 56.0 Å². The van der Waals surface area contributed by atoms with Crippen LogP contribution in [0.2, 0.25) is 0 Å². The predicted octanol–water partition coefficient (Wildman–Crippen LogP) is 3.78. The highest BCUT2D eigenvalue weighted by molar-refractivity contribution is 5.78. The summed E-state index contributed by atoms with van der Waals surface area (Å²) in [5.41, 5.74) is 2.08. The number of nitriles is 1. The van der Waals surface area contributed by atoms with E-state index in [0.717, 1.165) is 37.8 Å². The van der Waals surface area contributed by atoms with Gasteiger partial charge in [-0.15, -0.1) is 0 Å². The molecule has 0 saturated carbocycles. The minimum atomic E-state index is 0.390. The second kappa shape index (κ2) is 7.58. The van der Waals surface area contributed by atoms with Gasteiger partial charge in [0.15, 0.2) is 0 Å². The van der Waals surface area contributed by atoms with Crippen LogP contribution in [0.3, 0.4) is 0 Å². The van der Waals surface area contributed by atoms with Gasteiger partial charge in [0.2, 0.25) is 0 Å². The number of nitrogens with zero attached hydrogens (tertiary/aromatic N) is 2. The molecule has 0 radical (unpaired) electrons. The Morgan fingerprint density at radius 1 is 1.42 bits per heavy atom. The van der Waals surface area contributed by atoms with Crippen molar-refractivity contribution in [3.8, 4) is 6.07 Å². The lowest BCUT2D eigenvalue weighted by atomic mass is 10.1. The van der Waals surface area contributed by atoms with Gasteiger partial charge >= 0.3 is 0 Å². The summed E-state index contributed by atoms with van der Waals surface area (Å²) >= 11 is 0. The van der Waals surface area contributed by atoms with Gasteiger partial charge in [0.05, 0.1) is 11.3 Å². The maximum Gasteiger partial charge on any atom is 0.150 e. The zero-order valence-electron chi connectivity index (χ0n) is 12.0. The standard InChI is InChI=1S/C16H22N2O/c1-4-6-9-18(13(3)5-2)16-8-7-14(12-19)10-15(16)11-17/h7-8,10,12-13H,4-6,9H2,1-3H3. The topological polar surface area (TPSA) is 44.1 Å². The minimum Gasteiger partial charge on any atom is -0.368 e. The van der Waals surface area contributed by atoms with Crippen molar-refractivity contribution < 1.29 is 4.79 Å². The molecular formula is C16H22N2O. The molecule has 0 heterocycles. The Bertz CT molecular complexity index is 462. The van der Waals surface area contributed by atoms with Crippen molar-refractivity contribution in [1.82, 2.24) is 0 Å². The van der Waals surface area contributed by atoms with E-state index in [1.165, 1.54) is 0 Å². The molecule has 0 spiro atoms. The van der Waals surface area contributed by atoms with Crippen LogP contribution in [0, 0.1) is 11.3 Å². The maximum atomic E-state index is 10.8. The Kier molecular flexibility index (Phi) is 6.08. The fraction of sp³-hybridized carbons (Fsp3) is 0.500. The Morgan fingerprint density at radius 3 is 2.68 bits per heavy atom. The number of hydrogen-bond acceptors (Lipinski definition) is 3. The molecule has 1 atom stereocenters. The zero-order chi connectivity index (χ0) is 14.3. The van der Waals surface area contributed by atoms with Gasteiger partial charge in [-0.3, -0.25) is 4.79 Å².